The van der Waals surface area contributed by atoms with Crippen LogP contribution < -0.4 is 4.72 Å². The van der Waals surface area contributed by atoms with E-state index in [2.05, 4.69) is 19.9 Å². The summed E-state index contributed by atoms with van der Waals surface area (Å²) in [6.45, 7) is 3.65. The number of nitrogens with one attached hydrogen (secondary N) is 2. The number of hydrogen-bond donors (Lipinski definition) is 2. The van der Waals surface area contributed by atoms with E-state index in [-0.39, 0.29) is 23.7 Å². The lowest BCUT2D eigenvalue weighted by atomic mass is 10.4. The van der Waals surface area contributed by atoms with Gasteiger partial charge in [0.15, 0.2) is 5.03 Å². The summed E-state index contributed by atoms with van der Waals surface area (Å²) >= 11 is 1.35. The Kier molecular flexibility index (Phi) is 4.70. The number of aryl methyl sites for hydroxylation is 1. The molecule has 0 atom stereocenters. The number of sulfonamides is 1. The molecule has 0 spiro atoms. The van der Waals surface area contributed by atoms with Crippen LogP contribution in [0.2, 0.25) is 0 Å². The van der Waals surface area contributed by atoms with Crippen LogP contribution >= 0.6 is 11.3 Å². The predicted octanol–water partition coefficient (Wildman–Crippen LogP) is 0.830. The van der Waals surface area contributed by atoms with E-state index < -0.39 is 16.0 Å². The number of carbonyl (C=O) groups excluding carboxylic acids is 1. The van der Waals surface area contributed by atoms with Gasteiger partial charge in [-0.3, -0.25) is 5.10 Å². The highest BCUT2D eigenvalue weighted by atomic mass is 32.2. The van der Waals surface area contributed by atoms with Gasteiger partial charge < -0.3 is 4.74 Å². The standard InChI is InChI=1S/C11H14N4O4S2/c1-3-19-11(16)8-4-12-15-10(8)21(17,18)13-5-9-14-7(2)6-20-9/h4,6,13H,3,5H2,1-2H3,(H,12,15). The summed E-state index contributed by atoms with van der Waals surface area (Å²) < 4.78 is 31.5. The van der Waals surface area contributed by atoms with E-state index >= 15 is 0 Å². The lowest BCUT2D eigenvalue weighted by Gasteiger charge is -2.05. The van der Waals surface area contributed by atoms with Crippen LogP contribution in [0.5, 0.6) is 0 Å². The van der Waals surface area contributed by atoms with Crippen LogP contribution in [0.25, 0.3) is 0 Å². The van der Waals surface area contributed by atoms with Crippen molar-refractivity contribution in [3.8, 4) is 0 Å². The normalized spacial score (nSPS) is 11.5. The third-order valence-electron chi connectivity index (χ3n) is 2.45. The van der Waals surface area contributed by atoms with Crippen molar-refractivity contribution in [1.82, 2.24) is 19.9 Å². The summed E-state index contributed by atoms with van der Waals surface area (Å²) in [6.07, 6.45) is 1.13. The number of rotatable bonds is 6. The van der Waals surface area contributed by atoms with Crippen molar-refractivity contribution in [3.63, 3.8) is 0 Å². The third-order valence-corrected chi connectivity index (χ3v) is 4.79. The monoisotopic (exact) mass is 330 g/mol. The Bertz CT molecular complexity index is 735. The van der Waals surface area contributed by atoms with E-state index in [1.807, 2.05) is 12.3 Å². The number of aromatic amines is 1. The quantitative estimate of drug-likeness (QED) is 0.758. The largest absolute Gasteiger partial charge is 0.462 e. The average molecular weight is 330 g/mol. The SMILES string of the molecule is CCOC(=O)c1cn[nH]c1S(=O)(=O)NCc1nc(C)cs1. The van der Waals surface area contributed by atoms with E-state index in [0.29, 0.717) is 5.01 Å². The molecular formula is C11H14N4O4S2. The van der Waals surface area contributed by atoms with E-state index in [1.54, 1.807) is 6.92 Å². The number of carbonyl (C=O) groups is 1. The first kappa shape index (κ1) is 15.6. The fourth-order valence-electron chi connectivity index (χ4n) is 1.55. The van der Waals surface area contributed by atoms with E-state index in [1.165, 1.54) is 11.3 Å². The van der Waals surface area contributed by atoms with Gasteiger partial charge in [0.25, 0.3) is 10.0 Å². The number of nitrogens with zero attached hydrogens (tertiary/aromatic N) is 2. The van der Waals surface area contributed by atoms with Crippen molar-refractivity contribution in [2.24, 2.45) is 0 Å². The maximum absolute atomic E-state index is 12.2. The van der Waals surface area contributed by atoms with Gasteiger partial charge in [0.2, 0.25) is 0 Å². The van der Waals surface area contributed by atoms with Gasteiger partial charge in [0.1, 0.15) is 10.6 Å². The molecule has 114 valence electrons. The van der Waals surface area contributed by atoms with Crippen molar-refractivity contribution in [1.29, 1.82) is 0 Å². The number of ether oxygens (including phenoxy) is 1. The van der Waals surface area contributed by atoms with Crippen molar-refractivity contribution in [2.45, 2.75) is 25.4 Å². The van der Waals surface area contributed by atoms with Crippen LogP contribution in [0.1, 0.15) is 28.0 Å². The van der Waals surface area contributed by atoms with E-state index in [9.17, 15) is 13.2 Å². The second-order valence-corrected chi connectivity index (χ2v) is 6.69. The number of hydrogen-bond acceptors (Lipinski definition) is 7. The Labute approximate surface area is 125 Å². The Morgan fingerprint density at radius 1 is 1.52 bits per heavy atom. The smallest absolute Gasteiger partial charge is 0.342 e. The third kappa shape index (κ3) is 3.65. The summed E-state index contributed by atoms with van der Waals surface area (Å²) in [5.74, 6) is -0.739. The molecule has 8 nitrogen and oxygen atoms in total. The minimum Gasteiger partial charge on any atom is -0.462 e. The summed E-state index contributed by atoms with van der Waals surface area (Å²) in [5.41, 5.74) is 0.697. The van der Waals surface area contributed by atoms with Gasteiger partial charge >= 0.3 is 5.97 Å². The zero-order valence-corrected chi connectivity index (χ0v) is 13.0. The molecule has 0 aliphatic rings. The molecule has 21 heavy (non-hydrogen) atoms. The van der Waals surface area contributed by atoms with Gasteiger partial charge in [0, 0.05) is 11.1 Å². The maximum atomic E-state index is 12.2. The molecule has 0 aliphatic carbocycles. The molecule has 2 aromatic heterocycles. The molecule has 2 N–H and O–H groups in total. The second-order valence-electron chi connectivity index (χ2n) is 4.04. The van der Waals surface area contributed by atoms with Crippen LogP contribution in [-0.2, 0) is 21.3 Å². The summed E-state index contributed by atoms with van der Waals surface area (Å²) in [5, 5.41) is 8.05. The molecule has 0 unspecified atom stereocenters. The number of H-pyrrole nitrogens is 1. The Morgan fingerprint density at radius 2 is 2.29 bits per heavy atom. The summed E-state index contributed by atoms with van der Waals surface area (Å²) in [7, 11) is -3.90. The number of aromatic nitrogens is 3. The minimum absolute atomic E-state index is 0.0438. The summed E-state index contributed by atoms with van der Waals surface area (Å²) in [6, 6.07) is 0. The molecule has 0 saturated carbocycles. The average Bonchev–Trinajstić information content (AvgIpc) is 3.05. The number of thiazole rings is 1. The molecule has 0 amide bonds. The molecule has 0 saturated heterocycles. The highest BCUT2D eigenvalue weighted by Crippen LogP contribution is 2.15. The zero-order valence-electron chi connectivity index (χ0n) is 11.4. The molecule has 2 rings (SSSR count). The lowest BCUT2D eigenvalue weighted by Crippen LogP contribution is -2.25. The first-order chi connectivity index (χ1) is 9.94. The Balaban J connectivity index is 2.16. The van der Waals surface area contributed by atoms with Gasteiger partial charge in [0.05, 0.1) is 19.3 Å². The fourth-order valence-corrected chi connectivity index (χ4v) is 3.42. The zero-order chi connectivity index (χ0) is 15.5. The summed E-state index contributed by atoms with van der Waals surface area (Å²) in [4.78, 5) is 15.8. The molecule has 10 heteroatoms. The van der Waals surface area contributed by atoms with Crippen LogP contribution in [0.4, 0.5) is 0 Å². The highest BCUT2D eigenvalue weighted by molar-refractivity contribution is 7.89. The van der Waals surface area contributed by atoms with Crippen molar-refractivity contribution >= 4 is 27.3 Å². The molecule has 0 radical (unpaired) electrons. The van der Waals surface area contributed by atoms with Crippen LogP contribution in [0, 0.1) is 6.92 Å². The number of esters is 1. The second kappa shape index (κ2) is 6.33. The van der Waals surface area contributed by atoms with Crippen LogP contribution in [0.15, 0.2) is 16.6 Å². The Morgan fingerprint density at radius 3 is 2.90 bits per heavy atom. The van der Waals surface area contributed by atoms with E-state index in [0.717, 1.165) is 11.9 Å². The first-order valence-corrected chi connectivity index (χ1v) is 8.41. The van der Waals surface area contributed by atoms with Crippen molar-refractivity contribution in [3.05, 3.63) is 27.8 Å². The molecule has 0 bridgehead atoms. The molecule has 2 heterocycles. The van der Waals surface area contributed by atoms with Gasteiger partial charge in [-0.1, -0.05) is 0 Å². The van der Waals surface area contributed by atoms with Gasteiger partial charge in [-0.25, -0.2) is 22.9 Å². The Hall–Kier alpha value is -1.78. The van der Waals surface area contributed by atoms with Crippen molar-refractivity contribution < 1.29 is 17.9 Å². The molecule has 2 aromatic rings. The molecule has 0 aromatic carbocycles. The maximum Gasteiger partial charge on any atom is 0.342 e. The predicted molar refractivity (Wildman–Crippen MR) is 75.4 cm³/mol. The van der Waals surface area contributed by atoms with Crippen molar-refractivity contribution in [2.75, 3.05) is 6.61 Å². The highest BCUT2D eigenvalue weighted by Gasteiger charge is 2.25. The van der Waals surface area contributed by atoms with Gasteiger partial charge in [-0.2, -0.15) is 5.10 Å². The fraction of sp³-hybridized carbons (Fsp3) is 0.364. The van der Waals surface area contributed by atoms with Crippen LogP contribution in [0.3, 0.4) is 0 Å². The van der Waals surface area contributed by atoms with Gasteiger partial charge in [-0.15, -0.1) is 11.3 Å². The molecular weight excluding hydrogens is 316 g/mol. The lowest BCUT2D eigenvalue weighted by molar-refractivity contribution is 0.0522. The van der Waals surface area contributed by atoms with E-state index in [4.69, 9.17) is 4.74 Å². The molecule has 0 aliphatic heterocycles. The first-order valence-electron chi connectivity index (χ1n) is 6.05. The van der Waals surface area contributed by atoms with Crippen LogP contribution in [-0.4, -0.2) is 36.2 Å². The minimum atomic E-state index is -3.90. The van der Waals surface area contributed by atoms with Gasteiger partial charge in [-0.05, 0) is 13.8 Å². The molecule has 0 fully saturated rings. The topological polar surface area (TPSA) is 114 Å².